The third-order valence-corrected chi connectivity index (χ3v) is 5.93. The van der Waals surface area contributed by atoms with E-state index in [2.05, 4.69) is 6.26 Å². The van der Waals surface area contributed by atoms with E-state index >= 15 is 0 Å². The van der Waals surface area contributed by atoms with Crippen LogP contribution in [0.3, 0.4) is 0 Å². The summed E-state index contributed by atoms with van der Waals surface area (Å²) < 4.78 is 0. The van der Waals surface area contributed by atoms with Gasteiger partial charge < -0.3 is 0 Å². The molecule has 4 bridgehead atoms. The molecule has 0 saturated heterocycles. The van der Waals surface area contributed by atoms with Crippen LogP contribution in [0.4, 0.5) is 0 Å². The molecule has 4 rings (SSSR count). The van der Waals surface area contributed by atoms with Gasteiger partial charge in [0.2, 0.25) is 0 Å². The Kier molecular flexibility index (Phi) is 3.27. The maximum Gasteiger partial charge on any atom is 0.134 e. The van der Waals surface area contributed by atoms with Crippen molar-refractivity contribution < 1.29 is 4.79 Å². The lowest BCUT2D eigenvalue weighted by Gasteiger charge is -2.56. The lowest BCUT2D eigenvalue weighted by Crippen LogP contribution is -2.46. The number of hydrogen-bond acceptors (Lipinski definition) is 2. The summed E-state index contributed by atoms with van der Waals surface area (Å²) in [5, 5.41) is 0. The largest absolute Gasteiger partial charge is 0.300 e. The van der Waals surface area contributed by atoms with Crippen molar-refractivity contribution in [1.29, 1.82) is 0 Å². The van der Waals surface area contributed by atoms with Crippen LogP contribution in [0.5, 0.6) is 0 Å². The fourth-order valence-electron chi connectivity index (χ4n) is 5.23. The molecule has 4 fully saturated rings. The maximum atomic E-state index is 12.1. The van der Waals surface area contributed by atoms with Gasteiger partial charge in [-0.25, -0.2) is 0 Å². The SMILES string of the molecule is CSCCC(=O)CC12CC3CC(CC(C3)C1)C2. The fraction of sp³-hybridized carbons (Fsp3) is 0.933. The molecule has 0 spiro atoms. The van der Waals surface area contributed by atoms with Crippen LogP contribution < -0.4 is 0 Å². The summed E-state index contributed by atoms with van der Waals surface area (Å²) in [6.45, 7) is 0. The molecule has 0 aromatic rings. The summed E-state index contributed by atoms with van der Waals surface area (Å²) in [6.07, 6.45) is 12.4. The van der Waals surface area contributed by atoms with Crippen LogP contribution in [-0.4, -0.2) is 17.8 Å². The highest BCUT2D eigenvalue weighted by molar-refractivity contribution is 7.98. The molecule has 4 saturated carbocycles. The summed E-state index contributed by atoms with van der Waals surface area (Å²) in [5.74, 6) is 4.51. The average Bonchev–Trinajstić information content (AvgIpc) is 2.23. The van der Waals surface area contributed by atoms with E-state index in [-0.39, 0.29) is 0 Å². The summed E-state index contributed by atoms with van der Waals surface area (Å²) in [5.41, 5.74) is 0.463. The van der Waals surface area contributed by atoms with Crippen LogP contribution in [0.1, 0.15) is 51.4 Å². The normalized spacial score (nSPS) is 43.0. The minimum atomic E-state index is 0.463. The first kappa shape index (κ1) is 12.1. The third-order valence-electron chi connectivity index (χ3n) is 5.32. The van der Waals surface area contributed by atoms with Gasteiger partial charge in [-0.3, -0.25) is 4.79 Å². The topological polar surface area (TPSA) is 17.1 Å². The van der Waals surface area contributed by atoms with E-state index in [1.165, 1.54) is 38.5 Å². The van der Waals surface area contributed by atoms with Crippen molar-refractivity contribution in [3.8, 4) is 0 Å². The predicted octanol–water partition coefficient (Wildman–Crippen LogP) is 3.92. The van der Waals surface area contributed by atoms with Crippen molar-refractivity contribution in [3.05, 3.63) is 0 Å². The Morgan fingerprint density at radius 1 is 1.12 bits per heavy atom. The van der Waals surface area contributed by atoms with Crippen LogP contribution in [0.25, 0.3) is 0 Å². The predicted molar refractivity (Wildman–Crippen MR) is 73.2 cm³/mol. The number of carbonyl (C=O) groups is 1. The van der Waals surface area contributed by atoms with Gasteiger partial charge in [0.1, 0.15) is 5.78 Å². The Bertz CT molecular complexity index is 275. The van der Waals surface area contributed by atoms with E-state index in [9.17, 15) is 4.79 Å². The Morgan fingerprint density at radius 2 is 1.65 bits per heavy atom. The molecule has 0 amide bonds. The molecule has 17 heavy (non-hydrogen) atoms. The van der Waals surface area contributed by atoms with Crippen LogP contribution >= 0.6 is 11.8 Å². The second-order valence-electron chi connectivity index (χ2n) is 6.88. The number of thioether (sulfide) groups is 1. The quantitative estimate of drug-likeness (QED) is 0.738. The molecule has 0 radical (unpaired) electrons. The molecular weight excluding hydrogens is 228 g/mol. The molecule has 2 heteroatoms. The third kappa shape index (κ3) is 2.43. The lowest BCUT2D eigenvalue weighted by molar-refractivity contribution is -0.126. The Hall–Kier alpha value is 0.0200. The van der Waals surface area contributed by atoms with Gasteiger partial charge in [0.25, 0.3) is 0 Å². The van der Waals surface area contributed by atoms with E-state index in [1.54, 1.807) is 11.8 Å². The van der Waals surface area contributed by atoms with Crippen molar-refractivity contribution in [2.75, 3.05) is 12.0 Å². The van der Waals surface area contributed by atoms with Gasteiger partial charge in [-0.15, -0.1) is 0 Å². The summed E-state index contributed by atoms with van der Waals surface area (Å²) in [4.78, 5) is 12.1. The zero-order valence-corrected chi connectivity index (χ0v) is 11.7. The highest BCUT2D eigenvalue weighted by Gasteiger charge is 2.51. The van der Waals surface area contributed by atoms with Crippen molar-refractivity contribution in [3.63, 3.8) is 0 Å². The van der Waals surface area contributed by atoms with E-state index in [1.807, 2.05) is 0 Å². The molecule has 4 aliphatic carbocycles. The first-order chi connectivity index (χ1) is 8.19. The Balaban J connectivity index is 1.64. The van der Waals surface area contributed by atoms with Gasteiger partial charge in [-0.05, 0) is 73.7 Å². The zero-order chi connectivity index (χ0) is 11.9. The molecule has 0 aromatic carbocycles. The van der Waals surface area contributed by atoms with Gasteiger partial charge in [0, 0.05) is 12.8 Å². The molecule has 0 aliphatic heterocycles. The number of ketones is 1. The van der Waals surface area contributed by atoms with Crippen LogP contribution in [-0.2, 0) is 4.79 Å². The Morgan fingerprint density at radius 3 is 2.12 bits per heavy atom. The molecule has 0 heterocycles. The summed E-state index contributed by atoms with van der Waals surface area (Å²) >= 11 is 1.80. The molecular formula is C15H24OS. The van der Waals surface area contributed by atoms with Crippen molar-refractivity contribution in [2.24, 2.45) is 23.2 Å². The lowest BCUT2D eigenvalue weighted by atomic mass is 9.48. The summed E-state index contributed by atoms with van der Waals surface area (Å²) in [6, 6.07) is 0. The van der Waals surface area contributed by atoms with E-state index < -0.39 is 0 Å². The van der Waals surface area contributed by atoms with Gasteiger partial charge in [0.05, 0.1) is 0 Å². The number of rotatable bonds is 5. The van der Waals surface area contributed by atoms with Gasteiger partial charge in [-0.1, -0.05) is 0 Å². The Labute approximate surface area is 109 Å². The second-order valence-corrected chi connectivity index (χ2v) is 7.86. The number of hydrogen-bond donors (Lipinski definition) is 0. The molecule has 0 atom stereocenters. The van der Waals surface area contributed by atoms with Crippen molar-refractivity contribution in [2.45, 2.75) is 51.4 Å². The van der Waals surface area contributed by atoms with Gasteiger partial charge in [0.15, 0.2) is 0 Å². The molecule has 0 aromatic heterocycles. The minimum Gasteiger partial charge on any atom is -0.300 e. The first-order valence-corrected chi connectivity index (χ1v) is 8.59. The zero-order valence-electron chi connectivity index (χ0n) is 10.9. The average molecular weight is 252 g/mol. The van der Waals surface area contributed by atoms with E-state index in [4.69, 9.17) is 0 Å². The molecule has 4 aliphatic rings. The number of Topliss-reactive ketones (excluding diaryl/α,β-unsaturated/α-hetero) is 1. The van der Waals surface area contributed by atoms with Crippen LogP contribution in [0.15, 0.2) is 0 Å². The van der Waals surface area contributed by atoms with E-state index in [0.717, 1.165) is 36.3 Å². The van der Waals surface area contributed by atoms with Crippen LogP contribution in [0.2, 0.25) is 0 Å². The molecule has 0 N–H and O–H groups in total. The highest BCUT2D eigenvalue weighted by atomic mass is 32.2. The number of carbonyl (C=O) groups excluding carboxylic acids is 1. The molecule has 0 unspecified atom stereocenters. The van der Waals surface area contributed by atoms with Gasteiger partial charge in [-0.2, -0.15) is 11.8 Å². The highest BCUT2D eigenvalue weighted by Crippen LogP contribution is 2.61. The minimum absolute atomic E-state index is 0.463. The smallest absolute Gasteiger partial charge is 0.134 e. The van der Waals surface area contributed by atoms with Crippen LogP contribution in [0, 0.1) is 23.2 Å². The van der Waals surface area contributed by atoms with Crippen molar-refractivity contribution in [1.82, 2.24) is 0 Å². The first-order valence-electron chi connectivity index (χ1n) is 7.20. The fourth-order valence-corrected chi connectivity index (χ4v) is 5.66. The van der Waals surface area contributed by atoms with Gasteiger partial charge >= 0.3 is 0 Å². The summed E-state index contributed by atoms with van der Waals surface area (Å²) in [7, 11) is 0. The molecule has 96 valence electrons. The molecule has 1 nitrogen and oxygen atoms in total. The second kappa shape index (κ2) is 4.60. The maximum absolute atomic E-state index is 12.1. The van der Waals surface area contributed by atoms with Crippen molar-refractivity contribution >= 4 is 17.5 Å². The monoisotopic (exact) mass is 252 g/mol. The van der Waals surface area contributed by atoms with E-state index in [0.29, 0.717) is 11.2 Å². The standard InChI is InChI=1S/C15H24OS/c1-17-3-2-14(16)10-15-7-11-4-12(8-15)6-13(5-11)9-15/h11-13H,2-10H2,1H3.